The molecule has 2 amide bonds. The zero-order valence-corrected chi connectivity index (χ0v) is 12.2. The zero-order chi connectivity index (χ0) is 15.4. The molecule has 0 aliphatic carbocycles. The third-order valence-electron chi connectivity index (χ3n) is 3.09. The number of carbonyl (C=O) groups excluding carboxylic acids is 1. The van der Waals surface area contributed by atoms with Crippen LogP contribution in [-0.4, -0.2) is 11.0 Å². The highest BCUT2D eigenvalue weighted by atomic mass is 35.5. The molecule has 0 fully saturated rings. The molecule has 0 bridgehead atoms. The van der Waals surface area contributed by atoms with Gasteiger partial charge in [0.05, 0.1) is 11.9 Å². The highest BCUT2D eigenvalue weighted by molar-refractivity contribution is 6.32. The van der Waals surface area contributed by atoms with Crippen LogP contribution in [0.15, 0.2) is 35.1 Å². The number of aromatic nitrogens is 1. The number of halogens is 1. The lowest BCUT2D eigenvalue weighted by atomic mass is 9.95. The van der Waals surface area contributed by atoms with Gasteiger partial charge < -0.3 is 4.42 Å². The summed E-state index contributed by atoms with van der Waals surface area (Å²) in [5, 5.41) is 1.43. The van der Waals surface area contributed by atoms with Crippen molar-refractivity contribution >= 4 is 23.3 Å². The van der Waals surface area contributed by atoms with Crippen molar-refractivity contribution in [3.8, 4) is 0 Å². The quantitative estimate of drug-likeness (QED) is 0.454. The van der Waals surface area contributed by atoms with E-state index >= 15 is 0 Å². The standard InChI is InChI=1S/C13H16ClN5O2/c1-8(7-11-17-5-6-21-11)12-9(14)3-2-4-10(12)19(16)13(20)18-15/h2-6,8H,7,15-16H2,1H3,(H,18,20). The number of oxazole rings is 1. The number of hydrazine groups is 2. The minimum Gasteiger partial charge on any atom is -0.449 e. The molecule has 0 spiro atoms. The van der Waals surface area contributed by atoms with E-state index in [1.54, 1.807) is 24.4 Å². The van der Waals surface area contributed by atoms with Gasteiger partial charge in [-0.25, -0.2) is 26.5 Å². The molecule has 21 heavy (non-hydrogen) atoms. The highest BCUT2D eigenvalue weighted by Gasteiger charge is 2.21. The number of nitrogens with one attached hydrogen (secondary N) is 1. The number of anilines is 1. The van der Waals surface area contributed by atoms with Gasteiger partial charge in [0.15, 0.2) is 5.89 Å². The maximum atomic E-state index is 11.6. The molecule has 0 aliphatic heterocycles. The van der Waals surface area contributed by atoms with Gasteiger partial charge in [-0.1, -0.05) is 24.6 Å². The Kier molecular flexibility index (Phi) is 4.79. The number of urea groups is 1. The van der Waals surface area contributed by atoms with E-state index in [2.05, 4.69) is 4.98 Å². The molecular formula is C13H16ClN5O2. The number of rotatable bonds is 4. The van der Waals surface area contributed by atoms with Gasteiger partial charge in [0, 0.05) is 11.4 Å². The molecule has 1 aromatic carbocycles. The van der Waals surface area contributed by atoms with Crippen LogP contribution in [0.5, 0.6) is 0 Å². The first-order valence-corrected chi connectivity index (χ1v) is 6.64. The average Bonchev–Trinajstić information content (AvgIpc) is 2.98. The van der Waals surface area contributed by atoms with Crippen LogP contribution < -0.4 is 22.1 Å². The number of nitrogens with two attached hydrogens (primary N) is 2. The van der Waals surface area contributed by atoms with Crippen LogP contribution in [-0.2, 0) is 6.42 Å². The SMILES string of the molecule is CC(Cc1ncco1)c1c(Cl)cccc1N(N)C(=O)NN. The molecule has 7 nitrogen and oxygen atoms in total. The second-order valence-electron chi connectivity index (χ2n) is 4.52. The summed E-state index contributed by atoms with van der Waals surface area (Å²) in [6.45, 7) is 1.95. The molecular weight excluding hydrogens is 294 g/mol. The third kappa shape index (κ3) is 3.33. The number of nitrogens with zero attached hydrogens (tertiary/aromatic N) is 2. The van der Waals surface area contributed by atoms with E-state index in [1.165, 1.54) is 6.26 Å². The molecule has 1 heterocycles. The Morgan fingerprint density at radius 2 is 2.33 bits per heavy atom. The fraction of sp³-hybridized carbons (Fsp3) is 0.231. The van der Waals surface area contributed by atoms with Gasteiger partial charge in [-0.3, -0.25) is 5.43 Å². The van der Waals surface area contributed by atoms with Crippen LogP contribution in [0, 0.1) is 0 Å². The maximum absolute atomic E-state index is 11.6. The lowest BCUT2D eigenvalue weighted by Gasteiger charge is -2.23. The molecule has 8 heteroatoms. The second kappa shape index (κ2) is 6.57. The highest BCUT2D eigenvalue weighted by Crippen LogP contribution is 2.34. The first-order valence-electron chi connectivity index (χ1n) is 6.26. The molecule has 1 atom stereocenters. The lowest BCUT2D eigenvalue weighted by Crippen LogP contribution is -2.48. The fourth-order valence-electron chi connectivity index (χ4n) is 2.12. The Bertz CT molecular complexity index is 617. The van der Waals surface area contributed by atoms with Gasteiger partial charge in [0.1, 0.15) is 6.26 Å². The molecule has 2 aromatic rings. The van der Waals surface area contributed by atoms with Crippen molar-refractivity contribution in [3.05, 3.63) is 47.1 Å². The van der Waals surface area contributed by atoms with E-state index in [0.29, 0.717) is 23.0 Å². The van der Waals surface area contributed by atoms with Crippen LogP contribution in [0.2, 0.25) is 5.02 Å². The Morgan fingerprint density at radius 3 is 2.95 bits per heavy atom. The van der Waals surface area contributed by atoms with Crippen molar-refractivity contribution in [2.75, 3.05) is 5.01 Å². The maximum Gasteiger partial charge on any atom is 0.350 e. The van der Waals surface area contributed by atoms with E-state index in [4.69, 9.17) is 27.7 Å². The number of benzene rings is 1. The third-order valence-corrected chi connectivity index (χ3v) is 3.42. The topological polar surface area (TPSA) is 110 Å². The zero-order valence-electron chi connectivity index (χ0n) is 11.4. The summed E-state index contributed by atoms with van der Waals surface area (Å²) in [4.78, 5) is 15.7. The predicted octanol–water partition coefficient (Wildman–Crippen LogP) is 1.94. The summed E-state index contributed by atoms with van der Waals surface area (Å²) in [5.41, 5.74) is 3.18. The molecule has 0 saturated heterocycles. The van der Waals surface area contributed by atoms with E-state index in [0.717, 1.165) is 10.6 Å². The van der Waals surface area contributed by atoms with Gasteiger partial charge in [0.2, 0.25) is 0 Å². The van der Waals surface area contributed by atoms with Crippen LogP contribution in [0.25, 0.3) is 0 Å². The van der Waals surface area contributed by atoms with Crippen molar-refractivity contribution in [3.63, 3.8) is 0 Å². The van der Waals surface area contributed by atoms with Crippen molar-refractivity contribution in [1.29, 1.82) is 0 Å². The van der Waals surface area contributed by atoms with Crippen molar-refractivity contribution in [2.24, 2.45) is 11.7 Å². The van der Waals surface area contributed by atoms with Crippen molar-refractivity contribution < 1.29 is 9.21 Å². The molecule has 0 aliphatic rings. The van der Waals surface area contributed by atoms with Crippen molar-refractivity contribution in [1.82, 2.24) is 10.4 Å². The van der Waals surface area contributed by atoms with E-state index in [9.17, 15) is 4.79 Å². The summed E-state index contributed by atoms with van der Waals surface area (Å²) in [6, 6.07) is 4.51. The molecule has 1 aromatic heterocycles. The molecule has 1 unspecified atom stereocenters. The molecule has 5 N–H and O–H groups in total. The van der Waals surface area contributed by atoms with Crippen LogP contribution in [0.3, 0.4) is 0 Å². The van der Waals surface area contributed by atoms with Gasteiger partial charge in [0.25, 0.3) is 0 Å². The Labute approximate surface area is 126 Å². The second-order valence-corrected chi connectivity index (χ2v) is 4.93. The monoisotopic (exact) mass is 309 g/mol. The molecule has 2 rings (SSSR count). The van der Waals surface area contributed by atoms with E-state index in [1.807, 2.05) is 12.3 Å². The molecule has 0 radical (unpaired) electrons. The summed E-state index contributed by atoms with van der Waals surface area (Å²) in [7, 11) is 0. The minimum absolute atomic E-state index is 0.0519. The van der Waals surface area contributed by atoms with E-state index < -0.39 is 6.03 Å². The Balaban J connectivity index is 2.35. The average molecular weight is 310 g/mol. The normalized spacial score (nSPS) is 12.0. The number of hydrogen-bond donors (Lipinski definition) is 3. The van der Waals surface area contributed by atoms with Gasteiger partial charge in [-0.2, -0.15) is 0 Å². The van der Waals surface area contributed by atoms with Gasteiger partial charge in [-0.05, 0) is 23.6 Å². The lowest BCUT2D eigenvalue weighted by molar-refractivity contribution is 0.246. The number of amides is 2. The Hall–Kier alpha value is -2.09. The first kappa shape index (κ1) is 15.3. The number of hydrogen-bond acceptors (Lipinski definition) is 5. The summed E-state index contributed by atoms with van der Waals surface area (Å²) >= 11 is 6.26. The molecule has 0 saturated carbocycles. The fourth-order valence-corrected chi connectivity index (χ4v) is 2.48. The summed E-state index contributed by atoms with van der Waals surface area (Å²) < 4.78 is 5.24. The predicted molar refractivity (Wildman–Crippen MR) is 79.5 cm³/mol. The summed E-state index contributed by atoms with van der Waals surface area (Å²) in [5.74, 6) is 11.4. The molecule has 112 valence electrons. The largest absolute Gasteiger partial charge is 0.449 e. The van der Waals surface area contributed by atoms with Crippen LogP contribution >= 0.6 is 11.6 Å². The van der Waals surface area contributed by atoms with Gasteiger partial charge in [-0.15, -0.1) is 0 Å². The van der Waals surface area contributed by atoms with Crippen molar-refractivity contribution in [2.45, 2.75) is 19.3 Å². The van der Waals surface area contributed by atoms with Crippen LogP contribution in [0.4, 0.5) is 10.5 Å². The number of carbonyl (C=O) groups is 1. The summed E-state index contributed by atoms with van der Waals surface area (Å²) in [6.07, 6.45) is 3.61. The first-order chi connectivity index (χ1) is 10.0. The Morgan fingerprint density at radius 1 is 1.57 bits per heavy atom. The van der Waals surface area contributed by atoms with Crippen LogP contribution in [0.1, 0.15) is 24.3 Å². The smallest absolute Gasteiger partial charge is 0.350 e. The van der Waals surface area contributed by atoms with E-state index in [-0.39, 0.29) is 5.92 Å². The van der Waals surface area contributed by atoms with Gasteiger partial charge >= 0.3 is 6.03 Å². The minimum atomic E-state index is -0.637.